The lowest BCUT2D eigenvalue weighted by Crippen LogP contribution is -1.93. The fraction of sp³-hybridized carbons (Fsp3) is 0.250. The van der Waals surface area contributed by atoms with Gasteiger partial charge in [0.2, 0.25) is 0 Å². The second-order valence-electron chi connectivity index (χ2n) is 4.13. The van der Waals surface area contributed by atoms with Crippen LogP contribution in [0.2, 0.25) is 0 Å². The van der Waals surface area contributed by atoms with E-state index in [9.17, 15) is 0 Å². The zero-order valence-electron chi connectivity index (χ0n) is 10.9. The molecule has 2 aromatic rings. The molecule has 2 heteroatoms. The molecule has 0 aliphatic carbocycles. The van der Waals surface area contributed by atoms with Gasteiger partial charge in [-0.05, 0) is 30.0 Å². The van der Waals surface area contributed by atoms with E-state index in [1.165, 1.54) is 11.1 Å². The highest BCUT2D eigenvalue weighted by atomic mass is 14.8. The molecule has 0 saturated carbocycles. The highest BCUT2D eigenvalue weighted by Crippen LogP contribution is 2.14. The predicted octanol–water partition coefficient (Wildman–Crippen LogP) is 3.77. The number of nitrogens with zero attached hydrogens (tertiary/aromatic N) is 2. The maximum atomic E-state index is 4.37. The van der Waals surface area contributed by atoms with Crippen molar-refractivity contribution in [2.75, 3.05) is 0 Å². The predicted molar refractivity (Wildman–Crippen MR) is 76.2 cm³/mol. The average molecular weight is 238 g/mol. The minimum absolute atomic E-state index is 0.906. The summed E-state index contributed by atoms with van der Waals surface area (Å²) in [6.45, 7) is 4.27. The van der Waals surface area contributed by atoms with E-state index in [2.05, 4.69) is 60.2 Å². The number of hydrogen-bond donors (Lipinski definition) is 0. The number of benzene rings is 1. The summed E-state index contributed by atoms with van der Waals surface area (Å²) in [5.41, 5.74) is 4.62. The van der Waals surface area contributed by atoms with Crippen LogP contribution in [-0.2, 0) is 12.8 Å². The number of aromatic nitrogens is 2. The molecular weight excluding hydrogens is 220 g/mol. The topological polar surface area (TPSA) is 25.8 Å². The van der Waals surface area contributed by atoms with Gasteiger partial charge in [-0.3, -0.25) is 9.97 Å². The summed E-state index contributed by atoms with van der Waals surface area (Å²) >= 11 is 0. The van der Waals surface area contributed by atoms with Crippen LogP contribution in [-0.4, -0.2) is 9.97 Å². The molecular formula is C16H18N2. The number of aryl methyl sites for hydroxylation is 2. The van der Waals surface area contributed by atoms with Crippen molar-refractivity contribution in [1.29, 1.82) is 0 Å². The van der Waals surface area contributed by atoms with E-state index in [-0.39, 0.29) is 0 Å². The van der Waals surface area contributed by atoms with E-state index >= 15 is 0 Å². The number of hydrogen-bond acceptors (Lipinski definition) is 2. The van der Waals surface area contributed by atoms with Crippen molar-refractivity contribution >= 4 is 12.2 Å². The van der Waals surface area contributed by atoms with Crippen molar-refractivity contribution in [2.24, 2.45) is 0 Å². The van der Waals surface area contributed by atoms with Crippen LogP contribution in [0.1, 0.15) is 36.4 Å². The minimum atomic E-state index is 0.906. The molecule has 92 valence electrons. The highest BCUT2D eigenvalue weighted by Gasteiger charge is 1.99. The van der Waals surface area contributed by atoms with Gasteiger partial charge in [0.05, 0.1) is 11.4 Å². The third kappa shape index (κ3) is 2.83. The lowest BCUT2D eigenvalue weighted by molar-refractivity contribution is 0.989. The van der Waals surface area contributed by atoms with Gasteiger partial charge in [0.1, 0.15) is 0 Å². The zero-order chi connectivity index (χ0) is 12.8. The Labute approximate surface area is 108 Å². The number of rotatable bonds is 4. The molecule has 2 rings (SSSR count). The SMILES string of the molecule is CCc1ccccc1C=Cc1nccnc1CC. The molecule has 1 aromatic carbocycles. The van der Waals surface area contributed by atoms with Gasteiger partial charge in [0.15, 0.2) is 0 Å². The molecule has 0 atom stereocenters. The quantitative estimate of drug-likeness (QED) is 0.810. The standard InChI is InChI=1S/C16H18N2/c1-3-13-7-5-6-8-14(13)9-10-16-15(4-2)17-11-12-18-16/h5-12H,3-4H2,1-2H3. The Morgan fingerprint density at radius 2 is 1.72 bits per heavy atom. The summed E-state index contributed by atoms with van der Waals surface area (Å²) in [4.78, 5) is 8.71. The van der Waals surface area contributed by atoms with Gasteiger partial charge in [-0.25, -0.2) is 0 Å². The Hall–Kier alpha value is -1.96. The van der Waals surface area contributed by atoms with Crippen LogP contribution in [0.5, 0.6) is 0 Å². The zero-order valence-corrected chi connectivity index (χ0v) is 10.9. The van der Waals surface area contributed by atoms with E-state index < -0.39 is 0 Å². The molecule has 18 heavy (non-hydrogen) atoms. The van der Waals surface area contributed by atoms with Crippen molar-refractivity contribution in [3.8, 4) is 0 Å². The fourth-order valence-electron chi connectivity index (χ4n) is 1.98. The van der Waals surface area contributed by atoms with Gasteiger partial charge in [0.25, 0.3) is 0 Å². The molecule has 0 amide bonds. The van der Waals surface area contributed by atoms with Gasteiger partial charge in [-0.2, -0.15) is 0 Å². The largest absolute Gasteiger partial charge is 0.257 e. The first-order valence-corrected chi connectivity index (χ1v) is 6.41. The van der Waals surface area contributed by atoms with Crippen LogP contribution in [0.25, 0.3) is 12.2 Å². The second-order valence-corrected chi connectivity index (χ2v) is 4.13. The normalized spacial score (nSPS) is 11.0. The van der Waals surface area contributed by atoms with Crippen molar-refractivity contribution in [3.63, 3.8) is 0 Å². The van der Waals surface area contributed by atoms with Crippen molar-refractivity contribution in [1.82, 2.24) is 9.97 Å². The van der Waals surface area contributed by atoms with Crippen LogP contribution in [0.15, 0.2) is 36.7 Å². The molecule has 0 fully saturated rings. The monoisotopic (exact) mass is 238 g/mol. The molecule has 0 aliphatic heterocycles. The first-order chi connectivity index (χ1) is 8.85. The lowest BCUT2D eigenvalue weighted by atomic mass is 10.0. The molecule has 0 aliphatic rings. The minimum Gasteiger partial charge on any atom is -0.257 e. The van der Waals surface area contributed by atoms with E-state index in [4.69, 9.17) is 0 Å². The second kappa shape index (κ2) is 6.10. The highest BCUT2D eigenvalue weighted by molar-refractivity contribution is 5.70. The Morgan fingerprint density at radius 1 is 0.944 bits per heavy atom. The Morgan fingerprint density at radius 3 is 2.50 bits per heavy atom. The van der Waals surface area contributed by atoms with E-state index in [1.54, 1.807) is 12.4 Å². The summed E-state index contributed by atoms with van der Waals surface area (Å²) in [6, 6.07) is 8.45. The first kappa shape index (κ1) is 12.5. The molecule has 0 unspecified atom stereocenters. The Bertz CT molecular complexity index is 495. The van der Waals surface area contributed by atoms with E-state index in [1.807, 2.05) is 0 Å². The first-order valence-electron chi connectivity index (χ1n) is 6.41. The summed E-state index contributed by atoms with van der Waals surface area (Å²) in [6.07, 6.45) is 9.62. The van der Waals surface area contributed by atoms with Crippen LogP contribution >= 0.6 is 0 Å². The van der Waals surface area contributed by atoms with Gasteiger partial charge < -0.3 is 0 Å². The molecule has 0 spiro atoms. The molecule has 0 N–H and O–H groups in total. The molecule has 0 saturated heterocycles. The maximum Gasteiger partial charge on any atom is 0.0845 e. The van der Waals surface area contributed by atoms with E-state index in [0.29, 0.717) is 0 Å². The summed E-state index contributed by atoms with van der Waals surface area (Å²) in [5, 5.41) is 0. The maximum absolute atomic E-state index is 4.37. The van der Waals surface area contributed by atoms with Crippen LogP contribution in [0, 0.1) is 0 Å². The van der Waals surface area contributed by atoms with Crippen LogP contribution in [0.3, 0.4) is 0 Å². The molecule has 1 heterocycles. The van der Waals surface area contributed by atoms with Gasteiger partial charge in [-0.15, -0.1) is 0 Å². The Balaban J connectivity index is 2.30. The summed E-state index contributed by atoms with van der Waals surface area (Å²) in [7, 11) is 0. The van der Waals surface area contributed by atoms with Gasteiger partial charge in [-0.1, -0.05) is 44.2 Å². The van der Waals surface area contributed by atoms with Gasteiger partial charge in [0, 0.05) is 12.4 Å². The lowest BCUT2D eigenvalue weighted by Gasteiger charge is -2.03. The Kier molecular flexibility index (Phi) is 4.24. The third-order valence-electron chi connectivity index (χ3n) is 3.00. The fourth-order valence-corrected chi connectivity index (χ4v) is 1.98. The van der Waals surface area contributed by atoms with Gasteiger partial charge >= 0.3 is 0 Å². The van der Waals surface area contributed by atoms with Crippen LogP contribution < -0.4 is 0 Å². The average Bonchev–Trinajstić information content (AvgIpc) is 2.45. The molecule has 2 nitrogen and oxygen atoms in total. The van der Waals surface area contributed by atoms with Crippen LogP contribution in [0.4, 0.5) is 0 Å². The van der Waals surface area contributed by atoms with Crippen molar-refractivity contribution in [3.05, 3.63) is 59.2 Å². The van der Waals surface area contributed by atoms with Crippen molar-refractivity contribution < 1.29 is 0 Å². The third-order valence-corrected chi connectivity index (χ3v) is 3.00. The summed E-state index contributed by atoms with van der Waals surface area (Å²) < 4.78 is 0. The summed E-state index contributed by atoms with van der Waals surface area (Å²) in [5.74, 6) is 0. The molecule has 0 bridgehead atoms. The molecule has 0 radical (unpaired) electrons. The molecule has 1 aromatic heterocycles. The van der Waals surface area contributed by atoms with E-state index in [0.717, 1.165) is 24.2 Å². The van der Waals surface area contributed by atoms with Crippen molar-refractivity contribution in [2.45, 2.75) is 26.7 Å². The smallest absolute Gasteiger partial charge is 0.0845 e.